The van der Waals surface area contributed by atoms with Gasteiger partial charge in [-0.15, -0.1) is 0 Å². The first-order chi connectivity index (χ1) is 17.9. The highest BCUT2D eigenvalue weighted by molar-refractivity contribution is 5.81. The number of aliphatic carboxylic acids is 1. The lowest BCUT2D eigenvalue weighted by Gasteiger charge is -2.29. The highest BCUT2D eigenvalue weighted by Crippen LogP contribution is 2.42. The van der Waals surface area contributed by atoms with Crippen LogP contribution in [0.5, 0.6) is 11.5 Å². The molecule has 0 aliphatic carbocycles. The molecule has 4 rings (SSSR count). The molecule has 3 aliphatic heterocycles. The summed E-state index contributed by atoms with van der Waals surface area (Å²) in [4.78, 5) is 42.1. The second-order valence-corrected chi connectivity index (χ2v) is 9.76. The number of nitrogens with two attached hydrogens (primary N) is 1. The molecule has 3 heterocycles. The van der Waals surface area contributed by atoms with Gasteiger partial charge in [-0.25, -0.2) is 4.79 Å². The van der Waals surface area contributed by atoms with Crippen molar-refractivity contribution in [3.8, 4) is 11.5 Å². The summed E-state index contributed by atoms with van der Waals surface area (Å²) in [5, 5.41) is 10.4. The topological polar surface area (TPSA) is 125 Å². The van der Waals surface area contributed by atoms with Crippen molar-refractivity contribution in [2.24, 2.45) is 11.7 Å². The summed E-state index contributed by atoms with van der Waals surface area (Å²) in [6.45, 7) is 4.58. The number of benzene rings is 1. The van der Waals surface area contributed by atoms with Crippen LogP contribution in [0.1, 0.15) is 44.1 Å². The molecule has 1 saturated heterocycles. The Kier molecular flexibility index (Phi) is 8.94. The molecule has 0 aromatic heterocycles. The van der Waals surface area contributed by atoms with Gasteiger partial charge in [0.15, 0.2) is 24.3 Å². The number of likely N-dealkylation sites (tertiary alicyclic amines) is 1. The fourth-order valence-corrected chi connectivity index (χ4v) is 5.48. The number of amides is 2. The van der Waals surface area contributed by atoms with Gasteiger partial charge in [-0.2, -0.15) is 4.58 Å². The Hall–Kier alpha value is -3.24. The van der Waals surface area contributed by atoms with E-state index in [0.29, 0.717) is 57.1 Å². The number of carboxylic acid groups (broad SMARTS) is 1. The van der Waals surface area contributed by atoms with Crippen molar-refractivity contribution < 1.29 is 33.5 Å². The standard InChI is InChI=1S/C27H36N4O6/c1-2-3-11-30(14-10-28)25(33)17-31-16-20(19-7-8-22-23(15-19)37-18-36-22)26(27(34)35)21(31)9-13-29-12-5-4-6-24(29)32/h4-5,7-8,12,15,20-21,26H,2-3,6,9-11,13-14,16-18,28H2,1H3/p+1/t20-,21+,26-/m1/s1. The molecular weight excluding hydrogens is 476 g/mol. The highest BCUT2D eigenvalue weighted by atomic mass is 16.7. The van der Waals surface area contributed by atoms with Crippen molar-refractivity contribution in [2.45, 2.75) is 44.6 Å². The fraction of sp³-hybridized carbons (Fsp3) is 0.556. The first-order valence-electron chi connectivity index (χ1n) is 13.1. The summed E-state index contributed by atoms with van der Waals surface area (Å²) in [7, 11) is 0. The van der Waals surface area contributed by atoms with Gasteiger partial charge in [0, 0.05) is 44.6 Å². The van der Waals surface area contributed by atoms with E-state index in [4.69, 9.17) is 15.2 Å². The molecule has 3 N–H and O–H groups in total. The van der Waals surface area contributed by atoms with Crippen molar-refractivity contribution in [3.63, 3.8) is 0 Å². The fourth-order valence-electron chi connectivity index (χ4n) is 5.48. The van der Waals surface area contributed by atoms with Crippen molar-refractivity contribution >= 4 is 24.0 Å². The molecular formula is C27H37N4O6+. The van der Waals surface area contributed by atoms with E-state index in [-0.39, 0.29) is 31.1 Å². The van der Waals surface area contributed by atoms with Gasteiger partial charge in [0.2, 0.25) is 12.7 Å². The summed E-state index contributed by atoms with van der Waals surface area (Å²) in [6.07, 6.45) is 7.98. The van der Waals surface area contributed by atoms with E-state index in [1.807, 2.05) is 23.1 Å². The Bertz CT molecular complexity index is 1070. The number of fused-ring (bicyclic) bond motifs is 1. The van der Waals surface area contributed by atoms with Crippen molar-refractivity contribution in [1.82, 2.24) is 9.80 Å². The molecule has 200 valence electrons. The first kappa shape index (κ1) is 26.8. The number of allylic oxidation sites excluding steroid dienone is 1. The average Bonchev–Trinajstić information content (AvgIpc) is 3.50. The molecule has 1 fully saturated rings. The summed E-state index contributed by atoms with van der Waals surface area (Å²) in [5.74, 6) is -0.841. The van der Waals surface area contributed by atoms with Crippen LogP contribution < -0.4 is 15.2 Å². The van der Waals surface area contributed by atoms with Gasteiger partial charge in [0.05, 0.1) is 18.9 Å². The zero-order chi connectivity index (χ0) is 26.4. The quantitative estimate of drug-likeness (QED) is 0.402. The lowest BCUT2D eigenvalue weighted by molar-refractivity contribution is -0.446. The molecule has 10 nitrogen and oxygen atoms in total. The van der Waals surface area contributed by atoms with E-state index < -0.39 is 17.9 Å². The van der Waals surface area contributed by atoms with Crippen LogP contribution in [0.2, 0.25) is 0 Å². The molecule has 3 atom stereocenters. The van der Waals surface area contributed by atoms with Crippen LogP contribution in [0.25, 0.3) is 0 Å². The molecule has 10 heteroatoms. The molecule has 0 saturated carbocycles. The number of hydrogen-bond donors (Lipinski definition) is 2. The third-order valence-electron chi connectivity index (χ3n) is 7.41. The van der Waals surface area contributed by atoms with E-state index in [0.717, 1.165) is 18.4 Å². The van der Waals surface area contributed by atoms with Crippen molar-refractivity contribution in [2.75, 3.05) is 46.1 Å². The SMILES string of the molecule is CCCCN(CCN)C(=O)CN1C[C@H](c2ccc3c(c2)OCO3)[C@@H](C(=O)O)[C@@H]1CC[N+]1=CC=CCC1=O. The lowest BCUT2D eigenvalue weighted by Crippen LogP contribution is -2.46. The minimum Gasteiger partial charge on any atom is -0.481 e. The van der Waals surface area contributed by atoms with E-state index >= 15 is 0 Å². The molecule has 2 amide bonds. The third-order valence-corrected chi connectivity index (χ3v) is 7.41. The van der Waals surface area contributed by atoms with Crippen LogP contribution in [-0.4, -0.2) is 95.6 Å². The lowest BCUT2D eigenvalue weighted by atomic mass is 9.84. The van der Waals surface area contributed by atoms with Gasteiger partial charge in [-0.05, 0) is 30.2 Å². The van der Waals surface area contributed by atoms with Crippen molar-refractivity contribution in [3.05, 3.63) is 35.9 Å². The molecule has 0 spiro atoms. The van der Waals surface area contributed by atoms with Gasteiger partial charge in [-0.3, -0.25) is 14.5 Å². The largest absolute Gasteiger partial charge is 0.481 e. The molecule has 0 unspecified atom stereocenters. The van der Waals surface area contributed by atoms with Gasteiger partial charge < -0.3 is 25.2 Å². The maximum atomic E-state index is 13.3. The second-order valence-electron chi connectivity index (χ2n) is 9.76. The van der Waals surface area contributed by atoms with Crippen LogP contribution in [0.3, 0.4) is 0 Å². The number of nitrogens with zero attached hydrogens (tertiary/aromatic N) is 3. The molecule has 1 aromatic carbocycles. The van der Waals surface area contributed by atoms with Crippen molar-refractivity contribution in [1.29, 1.82) is 0 Å². The van der Waals surface area contributed by atoms with Crippen LogP contribution >= 0.6 is 0 Å². The Morgan fingerprint density at radius 1 is 1.24 bits per heavy atom. The predicted octanol–water partition coefficient (Wildman–Crippen LogP) is 1.43. The summed E-state index contributed by atoms with van der Waals surface area (Å²) >= 11 is 0. The molecule has 37 heavy (non-hydrogen) atoms. The summed E-state index contributed by atoms with van der Waals surface area (Å²) < 4.78 is 12.6. The summed E-state index contributed by atoms with van der Waals surface area (Å²) in [5.41, 5.74) is 6.61. The molecule has 0 radical (unpaired) electrons. The zero-order valence-corrected chi connectivity index (χ0v) is 21.4. The maximum Gasteiger partial charge on any atom is 0.390 e. The van der Waals surface area contributed by atoms with Gasteiger partial charge in [0.25, 0.3) is 0 Å². The van der Waals surface area contributed by atoms with Crippen LogP contribution in [0.15, 0.2) is 30.4 Å². The Morgan fingerprint density at radius 2 is 2.05 bits per heavy atom. The van der Waals surface area contributed by atoms with Crippen LogP contribution in [-0.2, 0) is 14.4 Å². The third kappa shape index (κ3) is 6.19. The Morgan fingerprint density at radius 3 is 2.78 bits per heavy atom. The monoisotopic (exact) mass is 513 g/mol. The van der Waals surface area contributed by atoms with E-state index in [9.17, 15) is 19.5 Å². The zero-order valence-electron chi connectivity index (χ0n) is 21.4. The Labute approximate surface area is 217 Å². The predicted molar refractivity (Wildman–Crippen MR) is 137 cm³/mol. The smallest absolute Gasteiger partial charge is 0.390 e. The van der Waals surface area contributed by atoms with Gasteiger partial charge in [-0.1, -0.05) is 25.5 Å². The van der Waals surface area contributed by atoms with Crippen LogP contribution in [0.4, 0.5) is 0 Å². The normalized spacial score (nSPS) is 22.8. The highest BCUT2D eigenvalue weighted by Gasteiger charge is 2.48. The molecule has 0 bridgehead atoms. The number of carbonyl (C=O) groups excluding carboxylic acids is 2. The Balaban J connectivity index is 1.60. The first-order valence-corrected chi connectivity index (χ1v) is 13.1. The average molecular weight is 514 g/mol. The molecule has 3 aliphatic rings. The minimum absolute atomic E-state index is 0.0176. The van der Waals surface area contributed by atoms with E-state index in [1.165, 1.54) is 0 Å². The minimum atomic E-state index is -0.916. The number of hydrogen-bond acceptors (Lipinski definition) is 7. The van der Waals surface area contributed by atoms with Gasteiger partial charge in [0.1, 0.15) is 0 Å². The number of carbonyl (C=O) groups is 3. The second kappa shape index (κ2) is 12.3. The van der Waals surface area contributed by atoms with E-state index in [1.54, 1.807) is 27.8 Å². The number of ether oxygens (including phenoxy) is 2. The molecule has 1 aromatic rings. The van der Waals surface area contributed by atoms with Gasteiger partial charge >= 0.3 is 11.9 Å². The number of rotatable bonds is 12. The maximum absolute atomic E-state index is 13.3. The number of unbranched alkanes of at least 4 members (excludes halogenated alkanes) is 1. The van der Waals surface area contributed by atoms with E-state index in [2.05, 4.69) is 6.92 Å². The summed E-state index contributed by atoms with van der Waals surface area (Å²) in [6, 6.07) is 5.11. The number of carboxylic acids is 1. The van der Waals surface area contributed by atoms with Crippen LogP contribution in [0, 0.1) is 5.92 Å².